The van der Waals surface area contributed by atoms with E-state index in [1.54, 1.807) is 20.8 Å². The highest BCUT2D eigenvalue weighted by molar-refractivity contribution is 5.93. The summed E-state index contributed by atoms with van der Waals surface area (Å²) in [7, 11) is 0. The largest absolute Gasteiger partial charge is 0.444 e. The van der Waals surface area contributed by atoms with Crippen LogP contribution in [-0.2, 0) is 31.1 Å². The number of benzene rings is 4. The Morgan fingerprint density at radius 2 is 1.13 bits per heavy atom. The first-order valence-electron chi connectivity index (χ1n) is 15.4. The van der Waals surface area contributed by atoms with Crippen LogP contribution in [0.5, 0.6) is 0 Å². The van der Waals surface area contributed by atoms with Crippen molar-refractivity contribution < 1.29 is 23.9 Å². The number of hydrogen-bond donors (Lipinski definition) is 3. The zero-order chi connectivity index (χ0) is 33.0. The maximum atomic E-state index is 14.0. The van der Waals surface area contributed by atoms with Crippen LogP contribution in [0.3, 0.4) is 0 Å². The van der Waals surface area contributed by atoms with E-state index in [0.717, 1.165) is 22.3 Å². The highest BCUT2D eigenvalue weighted by atomic mass is 16.6. The molecular formula is C38H41N3O5. The Labute approximate surface area is 270 Å². The smallest absolute Gasteiger partial charge is 0.408 e. The molecule has 0 heterocycles. The number of rotatable bonds is 13. The number of nitrogens with one attached hydrogen (secondary N) is 3. The molecule has 4 rings (SSSR count). The van der Waals surface area contributed by atoms with Gasteiger partial charge in [-0.3, -0.25) is 14.4 Å². The fourth-order valence-electron chi connectivity index (χ4n) is 5.21. The fourth-order valence-corrected chi connectivity index (χ4v) is 5.21. The van der Waals surface area contributed by atoms with E-state index in [1.165, 1.54) is 0 Å². The third-order valence-corrected chi connectivity index (χ3v) is 7.34. The number of hydrogen-bond acceptors (Lipinski definition) is 5. The summed E-state index contributed by atoms with van der Waals surface area (Å²) < 4.78 is 5.39. The van der Waals surface area contributed by atoms with Gasteiger partial charge in [-0.1, -0.05) is 121 Å². The number of aryl methyl sites for hydroxylation is 1. The van der Waals surface area contributed by atoms with Crippen molar-refractivity contribution in [2.45, 2.75) is 57.2 Å². The van der Waals surface area contributed by atoms with Crippen molar-refractivity contribution in [3.05, 3.63) is 144 Å². The summed E-state index contributed by atoms with van der Waals surface area (Å²) in [5.74, 6) is -1.34. The quantitative estimate of drug-likeness (QED) is 0.166. The molecule has 8 heteroatoms. The number of carbonyl (C=O) groups excluding carboxylic acids is 4. The zero-order valence-corrected chi connectivity index (χ0v) is 26.5. The molecular weight excluding hydrogens is 578 g/mol. The molecule has 4 aromatic carbocycles. The minimum absolute atomic E-state index is 0.172. The molecule has 46 heavy (non-hydrogen) atoms. The van der Waals surface area contributed by atoms with E-state index < -0.39 is 41.5 Å². The summed E-state index contributed by atoms with van der Waals surface area (Å²) in [4.78, 5) is 52.8. The number of ether oxygens (including phenoxy) is 1. The first-order valence-corrected chi connectivity index (χ1v) is 15.4. The van der Waals surface area contributed by atoms with Gasteiger partial charge in [-0.25, -0.2) is 4.79 Å². The average molecular weight is 620 g/mol. The third-order valence-electron chi connectivity index (χ3n) is 7.34. The van der Waals surface area contributed by atoms with Crippen LogP contribution in [0.15, 0.2) is 121 Å². The van der Waals surface area contributed by atoms with E-state index in [9.17, 15) is 19.2 Å². The Balaban J connectivity index is 1.58. The minimum atomic E-state index is -1.31. The Hall–Kier alpha value is -5.24. The summed E-state index contributed by atoms with van der Waals surface area (Å²) >= 11 is 0. The molecule has 8 nitrogen and oxygen atoms in total. The van der Waals surface area contributed by atoms with Gasteiger partial charge in [-0.15, -0.1) is 0 Å². The number of ketones is 1. The number of amides is 3. The standard InChI is InChI=1S/C38H41N3O5/c1-37(2,3)46-36(45)40-33(35(44)39-27-32(42)25-24-28-16-8-4-9-17-28)26-34(43)41-38(29-18-10-5-11-19-29,30-20-12-6-13-21-30)31-22-14-7-15-23-31/h4-23,33H,24-27H2,1-3H3,(H,39,44)(H,40,45)(H,41,43)/t33-/m1/s1. The van der Waals surface area contributed by atoms with Crippen LogP contribution in [0.4, 0.5) is 4.79 Å². The monoisotopic (exact) mass is 619 g/mol. The van der Waals surface area contributed by atoms with Crippen molar-refractivity contribution in [2.24, 2.45) is 0 Å². The average Bonchev–Trinajstić information content (AvgIpc) is 3.05. The van der Waals surface area contributed by atoms with Gasteiger partial charge in [0, 0.05) is 6.42 Å². The number of alkyl carbamates (subject to hydrolysis) is 1. The van der Waals surface area contributed by atoms with Gasteiger partial charge in [0.15, 0.2) is 5.78 Å². The molecule has 0 aliphatic carbocycles. The molecule has 0 unspecified atom stereocenters. The van der Waals surface area contributed by atoms with Gasteiger partial charge in [-0.05, 0) is 49.4 Å². The van der Waals surface area contributed by atoms with Crippen LogP contribution in [-0.4, -0.2) is 41.9 Å². The molecule has 0 saturated heterocycles. The van der Waals surface area contributed by atoms with Crippen LogP contribution in [0.2, 0.25) is 0 Å². The maximum Gasteiger partial charge on any atom is 0.408 e. The van der Waals surface area contributed by atoms with Gasteiger partial charge in [0.1, 0.15) is 17.2 Å². The summed E-state index contributed by atoms with van der Waals surface area (Å²) in [5, 5.41) is 8.37. The lowest BCUT2D eigenvalue weighted by Crippen LogP contribution is -2.53. The predicted octanol–water partition coefficient (Wildman–Crippen LogP) is 5.70. The first kappa shape index (κ1) is 33.6. The van der Waals surface area contributed by atoms with Crippen molar-refractivity contribution in [1.82, 2.24) is 16.0 Å². The van der Waals surface area contributed by atoms with Crippen molar-refractivity contribution in [1.29, 1.82) is 0 Å². The molecule has 0 fully saturated rings. The van der Waals surface area contributed by atoms with Crippen molar-refractivity contribution in [2.75, 3.05) is 6.54 Å². The summed E-state index contributed by atoms with van der Waals surface area (Å²) in [6.45, 7) is 4.87. The molecule has 3 N–H and O–H groups in total. The Kier molecular flexibility index (Phi) is 11.5. The van der Waals surface area contributed by atoms with Crippen LogP contribution >= 0.6 is 0 Å². The van der Waals surface area contributed by atoms with Gasteiger partial charge in [0.05, 0.1) is 13.0 Å². The van der Waals surface area contributed by atoms with Gasteiger partial charge in [-0.2, -0.15) is 0 Å². The Morgan fingerprint density at radius 1 is 0.674 bits per heavy atom. The van der Waals surface area contributed by atoms with Crippen LogP contribution in [0, 0.1) is 0 Å². The maximum absolute atomic E-state index is 14.0. The van der Waals surface area contributed by atoms with Crippen LogP contribution in [0.1, 0.15) is 55.9 Å². The summed E-state index contributed by atoms with van der Waals surface area (Å²) in [6.07, 6.45) is -0.477. The van der Waals surface area contributed by atoms with Crippen molar-refractivity contribution in [3.8, 4) is 0 Å². The number of Topliss-reactive ketones (excluding diaryl/α,β-unsaturated/α-hetero) is 1. The summed E-state index contributed by atoms with van der Waals surface area (Å²) in [6, 6.07) is 37.0. The number of carbonyl (C=O) groups is 4. The second-order valence-electron chi connectivity index (χ2n) is 12.0. The van der Waals surface area contributed by atoms with E-state index in [1.807, 2.05) is 121 Å². The second kappa shape index (κ2) is 15.7. The van der Waals surface area contributed by atoms with E-state index in [4.69, 9.17) is 4.74 Å². The molecule has 0 radical (unpaired) electrons. The molecule has 0 saturated carbocycles. The second-order valence-corrected chi connectivity index (χ2v) is 12.0. The van der Waals surface area contributed by atoms with Crippen LogP contribution in [0.25, 0.3) is 0 Å². The van der Waals surface area contributed by atoms with Crippen molar-refractivity contribution >= 4 is 23.7 Å². The minimum Gasteiger partial charge on any atom is -0.444 e. The molecule has 0 aromatic heterocycles. The first-order chi connectivity index (χ1) is 22.1. The lowest BCUT2D eigenvalue weighted by Gasteiger charge is -2.37. The normalized spacial score (nSPS) is 12.0. The van der Waals surface area contributed by atoms with Gasteiger partial charge >= 0.3 is 6.09 Å². The van der Waals surface area contributed by atoms with Gasteiger partial charge in [0.25, 0.3) is 0 Å². The summed E-state index contributed by atoms with van der Waals surface area (Å²) in [5.41, 5.74) is 1.51. The van der Waals surface area contributed by atoms with E-state index in [-0.39, 0.29) is 18.7 Å². The molecule has 0 spiro atoms. The zero-order valence-electron chi connectivity index (χ0n) is 26.5. The Morgan fingerprint density at radius 3 is 1.59 bits per heavy atom. The highest BCUT2D eigenvalue weighted by Gasteiger charge is 2.39. The van der Waals surface area contributed by atoms with E-state index in [0.29, 0.717) is 6.42 Å². The van der Waals surface area contributed by atoms with Gasteiger partial charge < -0.3 is 20.7 Å². The highest BCUT2D eigenvalue weighted by Crippen LogP contribution is 2.37. The molecule has 3 amide bonds. The molecule has 4 aromatic rings. The topological polar surface area (TPSA) is 114 Å². The van der Waals surface area contributed by atoms with E-state index >= 15 is 0 Å². The molecule has 0 aliphatic heterocycles. The molecule has 0 aliphatic rings. The van der Waals surface area contributed by atoms with Crippen molar-refractivity contribution in [3.63, 3.8) is 0 Å². The third kappa shape index (κ3) is 9.38. The predicted molar refractivity (Wildman–Crippen MR) is 178 cm³/mol. The molecule has 0 bridgehead atoms. The SMILES string of the molecule is CC(C)(C)OC(=O)N[C@H](CC(=O)NC(c1ccccc1)(c1ccccc1)c1ccccc1)C(=O)NCC(=O)CCc1ccccc1. The molecule has 1 atom stereocenters. The lowest BCUT2D eigenvalue weighted by molar-refractivity contribution is -0.130. The van der Waals surface area contributed by atoms with E-state index in [2.05, 4.69) is 16.0 Å². The molecule has 238 valence electrons. The fraction of sp³-hybridized carbons (Fsp3) is 0.263. The van der Waals surface area contributed by atoms with Crippen LogP contribution < -0.4 is 16.0 Å². The van der Waals surface area contributed by atoms with Gasteiger partial charge in [0.2, 0.25) is 11.8 Å². The Bertz CT molecular complexity index is 1490. The lowest BCUT2D eigenvalue weighted by atomic mass is 9.77.